The van der Waals surface area contributed by atoms with Gasteiger partial charge in [-0.05, 0) is 35.7 Å². The third kappa shape index (κ3) is 3.02. The fourth-order valence-corrected chi connectivity index (χ4v) is 2.42. The highest BCUT2D eigenvalue weighted by molar-refractivity contribution is 5.96. The molecule has 0 aliphatic carbocycles. The van der Waals surface area contributed by atoms with Crippen molar-refractivity contribution in [3.8, 4) is 0 Å². The Kier molecular flexibility index (Phi) is 3.99. The third-order valence-corrected chi connectivity index (χ3v) is 3.58. The van der Waals surface area contributed by atoms with Crippen molar-refractivity contribution in [2.45, 2.75) is 19.8 Å². The number of anilines is 2. The smallest absolute Gasteiger partial charge is 0.300 e. The predicted octanol–water partition coefficient (Wildman–Crippen LogP) is 3.81. The van der Waals surface area contributed by atoms with Gasteiger partial charge in [0.1, 0.15) is 5.52 Å². The molecule has 0 atom stereocenters. The molecule has 118 valence electrons. The second kappa shape index (κ2) is 6.10. The first-order valence-electron chi connectivity index (χ1n) is 7.29. The molecule has 3 N–H and O–H groups in total. The number of rotatable bonds is 4. The minimum Gasteiger partial charge on any atom is -0.423 e. The van der Waals surface area contributed by atoms with Gasteiger partial charge in [0.25, 0.3) is 11.9 Å². The van der Waals surface area contributed by atoms with Crippen molar-refractivity contribution in [2.75, 3.05) is 5.32 Å². The second-order valence-electron chi connectivity index (χ2n) is 5.51. The number of hydrogen-bond acceptors (Lipinski definition) is 5. The summed E-state index contributed by atoms with van der Waals surface area (Å²) in [5.74, 6) is -0.225. The molecular weight excluding hydrogens is 294 g/mol. The Morgan fingerprint density at radius 1 is 1.22 bits per heavy atom. The van der Waals surface area contributed by atoms with Gasteiger partial charge in [-0.25, -0.2) is 5.48 Å². The number of hydrogen-bond donors (Lipinski definition) is 3. The highest BCUT2D eigenvalue weighted by Crippen LogP contribution is 2.28. The van der Waals surface area contributed by atoms with Crippen molar-refractivity contribution >= 4 is 28.7 Å². The number of carbonyl (C=O) groups is 1. The van der Waals surface area contributed by atoms with E-state index in [4.69, 9.17) is 9.62 Å². The van der Waals surface area contributed by atoms with E-state index >= 15 is 0 Å². The molecule has 0 radical (unpaired) electrons. The molecule has 1 aromatic heterocycles. The number of fused-ring (bicyclic) bond motifs is 1. The van der Waals surface area contributed by atoms with Crippen LogP contribution in [-0.4, -0.2) is 16.1 Å². The number of aromatic nitrogens is 1. The number of hydroxylamine groups is 1. The van der Waals surface area contributed by atoms with E-state index in [-0.39, 0.29) is 0 Å². The van der Waals surface area contributed by atoms with E-state index in [1.807, 2.05) is 18.2 Å². The van der Waals surface area contributed by atoms with E-state index in [0.717, 1.165) is 11.3 Å². The fraction of sp³-hybridized carbons (Fsp3) is 0.176. The number of amides is 1. The van der Waals surface area contributed by atoms with E-state index in [9.17, 15) is 4.79 Å². The van der Waals surface area contributed by atoms with Crippen molar-refractivity contribution in [1.29, 1.82) is 0 Å². The minimum atomic E-state index is -0.588. The lowest BCUT2D eigenvalue weighted by atomic mass is 10.0. The molecule has 0 fully saturated rings. The minimum absolute atomic E-state index is 0.308. The molecule has 3 aromatic rings. The molecule has 1 heterocycles. The van der Waals surface area contributed by atoms with Crippen molar-refractivity contribution in [1.82, 2.24) is 10.5 Å². The summed E-state index contributed by atoms with van der Waals surface area (Å²) in [7, 11) is 0. The molecule has 0 unspecified atom stereocenters. The van der Waals surface area contributed by atoms with E-state index < -0.39 is 5.91 Å². The number of nitrogens with zero attached hydrogens (tertiary/aromatic N) is 1. The van der Waals surface area contributed by atoms with Gasteiger partial charge < -0.3 is 9.73 Å². The number of nitrogens with one attached hydrogen (secondary N) is 2. The van der Waals surface area contributed by atoms with Gasteiger partial charge in [-0.15, -0.1) is 0 Å². The summed E-state index contributed by atoms with van der Waals surface area (Å²) in [5.41, 5.74) is 5.10. The van der Waals surface area contributed by atoms with Gasteiger partial charge in [0.05, 0.1) is 0 Å². The van der Waals surface area contributed by atoms with Crippen LogP contribution >= 0.6 is 0 Å². The molecule has 3 rings (SSSR count). The maximum atomic E-state index is 11.4. The lowest BCUT2D eigenvalue weighted by Gasteiger charge is -2.11. The second-order valence-corrected chi connectivity index (χ2v) is 5.51. The van der Waals surface area contributed by atoms with Gasteiger partial charge in [-0.2, -0.15) is 4.98 Å². The van der Waals surface area contributed by atoms with Gasteiger partial charge >= 0.3 is 0 Å². The van der Waals surface area contributed by atoms with Crippen LogP contribution in [0, 0.1) is 0 Å². The number of oxazole rings is 1. The van der Waals surface area contributed by atoms with Gasteiger partial charge in [-0.3, -0.25) is 10.0 Å². The Bertz CT molecular complexity index is 855. The van der Waals surface area contributed by atoms with Gasteiger partial charge in [0.2, 0.25) is 0 Å². The van der Waals surface area contributed by atoms with Crippen LogP contribution in [0.25, 0.3) is 11.1 Å². The average Bonchev–Trinajstić information content (AvgIpc) is 2.95. The quantitative estimate of drug-likeness (QED) is 0.503. The van der Waals surface area contributed by atoms with E-state index in [2.05, 4.69) is 30.2 Å². The predicted molar refractivity (Wildman–Crippen MR) is 87.1 cm³/mol. The Morgan fingerprint density at radius 3 is 2.74 bits per heavy atom. The molecule has 0 aliphatic rings. The van der Waals surface area contributed by atoms with Gasteiger partial charge in [-0.1, -0.05) is 32.0 Å². The summed E-state index contributed by atoms with van der Waals surface area (Å²) in [6, 6.07) is 13.1. The first-order valence-corrected chi connectivity index (χ1v) is 7.29. The summed E-state index contributed by atoms with van der Waals surface area (Å²) < 4.78 is 5.66. The highest BCUT2D eigenvalue weighted by atomic mass is 16.5. The SMILES string of the molecule is CC(C)c1ccccc1Nc1nc2cc(C(=O)NO)ccc2o1. The average molecular weight is 311 g/mol. The molecule has 23 heavy (non-hydrogen) atoms. The highest BCUT2D eigenvalue weighted by Gasteiger charge is 2.12. The van der Waals surface area contributed by atoms with Crippen LogP contribution in [0.2, 0.25) is 0 Å². The summed E-state index contributed by atoms with van der Waals surface area (Å²) >= 11 is 0. The molecule has 0 aliphatic heterocycles. The Hall–Kier alpha value is -2.86. The van der Waals surface area contributed by atoms with E-state index in [0.29, 0.717) is 28.6 Å². The van der Waals surface area contributed by atoms with E-state index in [1.165, 1.54) is 0 Å². The molecule has 1 amide bonds. The summed E-state index contributed by atoms with van der Waals surface area (Å²) in [6.07, 6.45) is 0. The van der Waals surface area contributed by atoms with Crippen LogP contribution in [0.3, 0.4) is 0 Å². The summed E-state index contributed by atoms with van der Waals surface area (Å²) in [6.45, 7) is 4.23. The van der Waals surface area contributed by atoms with Gasteiger partial charge in [0, 0.05) is 11.3 Å². The largest absolute Gasteiger partial charge is 0.423 e. The first-order chi connectivity index (χ1) is 11.1. The Balaban J connectivity index is 1.94. The Morgan fingerprint density at radius 2 is 2.00 bits per heavy atom. The topological polar surface area (TPSA) is 87.4 Å². The van der Waals surface area contributed by atoms with Crippen LogP contribution in [0.4, 0.5) is 11.7 Å². The zero-order valence-electron chi connectivity index (χ0n) is 12.8. The molecule has 6 nitrogen and oxygen atoms in total. The van der Waals surface area contributed by atoms with Crippen molar-refractivity contribution in [3.05, 3.63) is 53.6 Å². The molecule has 0 saturated carbocycles. The van der Waals surface area contributed by atoms with E-state index in [1.54, 1.807) is 23.7 Å². The summed E-state index contributed by atoms with van der Waals surface area (Å²) in [4.78, 5) is 15.8. The zero-order valence-corrected chi connectivity index (χ0v) is 12.8. The number of benzene rings is 2. The maximum Gasteiger partial charge on any atom is 0.300 e. The zero-order chi connectivity index (χ0) is 16.4. The number of carbonyl (C=O) groups excluding carboxylic acids is 1. The molecule has 0 bridgehead atoms. The fourth-order valence-electron chi connectivity index (χ4n) is 2.42. The molecule has 0 saturated heterocycles. The maximum absolute atomic E-state index is 11.4. The van der Waals surface area contributed by atoms with Crippen LogP contribution in [0.5, 0.6) is 0 Å². The van der Waals surface area contributed by atoms with Crippen molar-refractivity contribution in [3.63, 3.8) is 0 Å². The van der Waals surface area contributed by atoms with Crippen LogP contribution in [0.15, 0.2) is 46.9 Å². The normalized spacial score (nSPS) is 11.0. The lowest BCUT2D eigenvalue weighted by molar-refractivity contribution is 0.0706. The van der Waals surface area contributed by atoms with Crippen LogP contribution in [0.1, 0.15) is 35.7 Å². The molecule has 6 heteroatoms. The van der Waals surface area contributed by atoms with Crippen molar-refractivity contribution < 1.29 is 14.4 Å². The number of para-hydroxylation sites is 1. The monoisotopic (exact) mass is 311 g/mol. The molecule has 0 spiro atoms. The lowest BCUT2D eigenvalue weighted by Crippen LogP contribution is -2.18. The standard InChI is InChI=1S/C17H17N3O3/c1-10(2)12-5-3-4-6-13(12)18-17-19-14-9-11(16(21)20-22)7-8-15(14)23-17/h3-10,22H,1-2H3,(H,18,19)(H,20,21). The first kappa shape index (κ1) is 15.1. The summed E-state index contributed by atoms with van der Waals surface area (Å²) in [5, 5.41) is 11.9. The van der Waals surface area contributed by atoms with Crippen molar-refractivity contribution in [2.24, 2.45) is 0 Å². The third-order valence-electron chi connectivity index (χ3n) is 3.58. The van der Waals surface area contributed by atoms with Crippen LogP contribution in [-0.2, 0) is 0 Å². The van der Waals surface area contributed by atoms with Gasteiger partial charge in [0.15, 0.2) is 5.58 Å². The molecule has 2 aromatic carbocycles. The van der Waals surface area contributed by atoms with Crippen LogP contribution < -0.4 is 10.8 Å². The Labute approximate surface area is 133 Å². The molecular formula is C17H17N3O3.